The average Bonchev–Trinajstić information content (AvgIpc) is 2.08. The molecule has 0 aliphatic carbocycles. The maximum absolute atomic E-state index is 12.7. The fraction of sp³-hybridized carbons (Fsp3) is 0.222. The van der Waals surface area contributed by atoms with Gasteiger partial charge in [0.15, 0.2) is 0 Å². The van der Waals surface area contributed by atoms with Crippen LogP contribution < -0.4 is 5.73 Å². The molecule has 0 radical (unpaired) electrons. The van der Waals surface area contributed by atoms with Crippen LogP contribution in [0.1, 0.15) is 17.2 Å². The summed E-state index contributed by atoms with van der Waals surface area (Å²) < 4.78 is 12.7. The van der Waals surface area contributed by atoms with E-state index in [-0.39, 0.29) is 0 Å². The van der Waals surface area contributed by atoms with Crippen molar-refractivity contribution >= 4 is 5.97 Å². The SMILES string of the molecule is Cc1ccc(F)cc1C(N)C(=O)O. The number of carboxylic acid groups (broad SMARTS) is 1. The molecule has 0 saturated carbocycles. The van der Waals surface area contributed by atoms with Crippen molar-refractivity contribution in [1.82, 2.24) is 0 Å². The van der Waals surface area contributed by atoms with Crippen LogP contribution in [-0.2, 0) is 4.79 Å². The monoisotopic (exact) mass is 183 g/mol. The smallest absolute Gasteiger partial charge is 0.325 e. The Morgan fingerprint density at radius 1 is 1.62 bits per heavy atom. The number of aliphatic carboxylic acids is 1. The van der Waals surface area contributed by atoms with Gasteiger partial charge in [0.2, 0.25) is 0 Å². The predicted molar refractivity (Wildman–Crippen MR) is 45.7 cm³/mol. The summed E-state index contributed by atoms with van der Waals surface area (Å²) in [6, 6.07) is 2.77. The van der Waals surface area contributed by atoms with Crippen molar-refractivity contribution in [3.63, 3.8) is 0 Å². The lowest BCUT2D eigenvalue weighted by Crippen LogP contribution is -2.21. The van der Waals surface area contributed by atoms with E-state index in [0.717, 1.165) is 6.07 Å². The van der Waals surface area contributed by atoms with Gasteiger partial charge in [0.1, 0.15) is 11.9 Å². The van der Waals surface area contributed by atoms with Crippen molar-refractivity contribution in [3.05, 3.63) is 35.1 Å². The van der Waals surface area contributed by atoms with Gasteiger partial charge in [0.05, 0.1) is 0 Å². The summed E-state index contributed by atoms with van der Waals surface area (Å²) in [5.74, 6) is -1.63. The maximum atomic E-state index is 12.7. The molecule has 0 spiro atoms. The summed E-state index contributed by atoms with van der Waals surface area (Å²) >= 11 is 0. The van der Waals surface area contributed by atoms with E-state index in [1.54, 1.807) is 6.92 Å². The zero-order valence-electron chi connectivity index (χ0n) is 7.12. The summed E-state index contributed by atoms with van der Waals surface area (Å²) in [6.07, 6.45) is 0. The Balaban J connectivity index is 3.12. The van der Waals surface area contributed by atoms with Crippen LogP contribution in [-0.4, -0.2) is 11.1 Å². The highest BCUT2D eigenvalue weighted by Gasteiger charge is 2.16. The zero-order chi connectivity index (χ0) is 10.0. The molecule has 1 atom stereocenters. The van der Waals surface area contributed by atoms with Crippen LogP contribution in [0, 0.1) is 12.7 Å². The Labute approximate surface area is 75.0 Å². The molecule has 0 aromatic heterocycles. The van der Waals surface area contributed by atoms with Gasteiger partial charge in [0.25, 0.3) is 0 Å². The molecule has 0 fully saturated rings. The molecule has 0 aliphatic rings. The number of halogens is 1. The summed E-state index contributed by atoms with van der Waals surface area (Å²) in [7, 11) is 0. The van der Waals surface area contributed by atoms with Gasteiger partial charge in [0, 0.05) is 0 Å². The number of carbonyl (C=O) groups is 1. The summed E-state index contributed by atoms with van der Waals surface area (Å²) in [6.45, 7) is 1.69. The van der Waals surface area contributed by atoms with Crippen molar-refractivity contribution < 1.29 is 14.3 Å². The number of hydrogen-bond donors (Lipinski definition) is 2. The summed E-state index contributed by atoms with van der Waals surface area (Å²) in [5, 5.41) is 8.60. The first-order chi connectivity index (χ1) is 6.02. The number of aryl methyl sites for hydroxylation is 1. The molecule has 13 heavy (non-hydrogen) atoms. The molecular weight excluding hydrogens is 173 g/mol. The molecule has 0 amide bonds. The van der Waals surface area contributed by atoms with Gasteiger partial charge in [-0.2, -0.15) is 0 Å². The Morgan fingerprint density at radius 3 is 2.77 bits per heavy atom. The molecule has 1 rings (SSSR count). The van der Waals surface area contributed by atoms with Crippen LogP contribution in [0.4, 0.5) is 4.39 Å². The predicted octanol–water partition coefficient (Wildman–Crippen LogP) is 1.22. The number of hydrogen-bond acceptors (Lipinski definition) is 2. The second kappa shape index (κ2) is 3.53. The van der Waals surface area contributed by atoms with Gasteiger partial charge in [-0.05, 0) is 30.2 Å². The van der Waals surface area contributed by atoms with Crippen LogP contribution in [0.5, 0.6) is 0 Å². The number of benzene rings is 1. The summed E-state index contributed by atoms with van der Waals surface area (Å²) in [4.78, 5) is 10.5. The van der Waals surface area contributed by atoms with Crippen molar-refractivity contribution in [3.8, 4) is 0 Å². The van der Waals surface area contributed by atoms with Crippen LogP contribution in [0.3, 0.4) is 0 Å². The van der Waals surface area contributed by atoms with E-state index in [1.165, 1.54) is 12.1 Å². The van der Waals surface area contributed by atoms with E-state index in [9.17, 15) is 9.18 Å². The molecule has 1 aromatic carbocycles. The van der Waals surface area contributed by atoms with E-state index in [0.29, 0.717) is 11.1 Å². The van der Waals surface area contributed by atoms with E-state index in [2.05, 4.69) is 0 Å². The molecule has 1 unspecified atom stereocenters. The van der Waals surface area contributed by atoms with Crippen LogP contribution >= 0.6 is 0 Å². The fourth-order valence-electron chi connectivity index (χ4n) is 1.08. The number of nitrogens with two attached hydrogens (primary N) is 1. The molecule has 3 nitrogen and oxygen atoms in total. The lowest BCUT2D eigenvalue weighted by molar-refractivity contribution is -0.138. The van der Waals surface area contributed by atoms with E-state index >= 15 is 0 Å². The molecule has 4 heteroatoms. The topological polar surface area (TPSA) is 63.3 Å². The summed E-state index contributed by atoms with van der Waals surface area (Å²) in [5.41, 5.74) is 6.33. The van der Waals surface area contributed by atoms with E-state index in [4.69, 9.17) is 10.8 Å². The van der Waals surface area contributed by atoms with E-state index in [1.807, 2.05) is 0 Å². The Morgan fingerprint density at radius 2 is 2.23 bits per heavy atom. The maximum Gasteiger partial charge on any atom is 0.325 e. The van der Waals surface area contributed by atoms with Crippen molar-refractivity contribution in [1.29, 1.82) is 0 Å². The normalized spacial score (nSPS) is 12.5. The number of rotatable bonds is 2. The van der Waals surface area contributed by atoms with E-state index < -0.39 is 17.8 Å². The van der Waals surface area contributed by atoms with Gasteiger partial charge < -0.3 is 10.8 Å². The van der Waals surface area contributed by atoms with Gasteiger partial charge >= 0.3 is 5.97 Å². The van der Waals surface area contributed by atoms with Gasteiger partial charge in [-0.15, -0.1) is 0 Å². The quantitative estimate of drug-likeness (QED) is 0.724. The Bertz CT molecular complexity index is 338. The Hall–Kier alpha value is -1.42. The molecule has 70 valence electrons. The highest BCUT2D eigenvalue weighted by molar-refractivity contribution is 5.75. The van der Waals surface area contributed by atoms with Gasteiger partial charge in [-0.1, -0.05) is 6.07 Å². The Kier molecular flexibility index (Phi) is 2.63. The second-order valence-corrected chi connectivity index (χ2v) is 2.82. The fourth-order valence-corrected chi connectivity index (χ4v) is 1.08. The minimum absolute atomic E-state index is 0.313. The van der Waals surface area contributed by atoms with Crippen LogP contribution in [0.15, 0.2) is 18.2 Å². The third kappa shape index (κ3) is 2.03. The lowest BCUT2D eigenvalue weighted by atomic mass is 10.0. The molecule has 0 aliphatic heterocycles. The molecule has 3 N–H and O–H groups in total. The molecule has 0 heterocycles. The van der Waals surface area contributed by atoms with Crippen LogP contribution in [0.2, 0.25) is 0 Å². The molecular formula is C9H10FNO2. The first kappa shape index (κ1) is 9.67. The first-order valence-electron chi connectivity index (χ1n) is 3.77. The molecule has 0 bridgehead atoms. The average molecular weight is 183 g/mol. The van der Waals surface area contributed by atoms with Gasteiger partial charge in [-0.25, -0.2) is 4.39 Å². The second-order valence-electron chi connectivity index (χ2n) is 2.82. The highest BCUT2D eigenvalue weighted by Crippen LogP contribution is 2.16. The first-order valence-corrected chi connectivity index (χ1v) is 3.77. The molecule has 1 aromatic rings. The number of carboxylic acids is 1. The van der Waals surface area contributed by atoms with Crippen molar-refractivity contribution in [2.75, 3.05) is 0 Å². The minimum Gasteiger partial charge on any atom is -0.480 e. The van der Waals surface area contributed by atoms with Crippen molar-refractivity contribution in [2.24, 2.45) is 5.73 Å². The highest BCUT2D eigenvalue weighted by atomic mass is 19.1. The zero-order valence-corrected chi connectivity index (χ0v) is 7.12. The van der Waals surface area contributed by atoms with Gasteiger partial charge in [-0.3, -0.25) is 4.79 Å². The lowest BCUT2D eigenvalue weighted by Gasteiger charge is -2.09. The third-order valence-electron chi connectivity index (χ3n) is 1.84. The standard InChI is InChI=1S/C9H10FNO2/c1-5-2-3-6(10)4-7(5)8(11)9(12)13/h2-4,8H,11H2,1H3,(H,12,13). The minimum atomic E-state index is -1.16. The third-order valence-corrected chi connectivity index (χ3v) is 1.84. The van der Waals surface area contributed by atoms with Crippen LogP contribution in [0.25, 0.3) is 0 Å². The molecule has 0 saturated heterocycles. The van der Waals surface area contributed by atoms with Crippen molar-refractivity contribution in [2.45, 2.75) is 13.0 Å². The largest absolute Gasteiger partial charge is 0.480 e.